The molecule has 1 amide bonds. The summed E-state index contributed by atoms with van der Waals surface area (Å²) < 4.78 is 0. The second kappa shape index (κ2) is 7.36. The number of benzene rings is 2. The average molecular weight is 302 g/mol. The van der Waals surface area contributed by atoms with Crippen molar-refractivity contribution in [2.45, 2.75) is 26.3 Å². The largest absolute Gasteiger partial charge is 0.398 e. The number of hydrogen-bond acceptors (Lipinski definition) is 3. The number of carbonyl (C=O) groups is 1. The maximum absolute atomic E-state index is 12.4. The van der Waals surface area contributed by atoms with Gasteiger partial charge in [-0.05, 0) is 47.8 Å². The van der Waals surface area contributed by atoms with Crippen molar-refractivity contribution in [3.63, 3.8) is 0 Å². The number of carbonyl (C=O) groups excluding carboxylic acids is 1. The Bertz CT molecular complexity index is 627. The van der Waals surface area contributed by atoms with Crippen molar-refractivity contribution in [2.24, 2.45) is 0 Å². The number of fused-ring (bicyclic) bond motifs is 1. The van der Waals surface area contributed by atoms with Crippen LogP contribution in [0.5, 0.6) is 0 Å². The number of nitrogens with two attached hydrogens (primary N) is 1. The summed E-state index contributed by atoms with van der Waals surface area (Å²) in [5, 5.41) is 5.12. The number of nitrogens with one attached hydrogen (secondary N) is 1. The zero-order chi connectivity index (χ0) is 15.2. The average Bonchev–Trinajstić information content (AvgIpc) is 2.46. The highest BCUT2D eigenvalue weighted by Gasteiger charge is 2.13. The number of rotatable bonds is 6. The van der Waals surface area contributed by atoms with E-state index in [1.165, 1.54) is 0 Å². The van der Waals surface area contributed by atoms with E-state index in [-0.39, 0.29) is 11.9 Å². The van der Waals surface area contributed by atoms with Crippen molar-refractivity contribution in [3.05, 3.63) is 42.0 Å². The van der Waals surface area contributed by atoms with Crippen molar-refractivity contribution < 1.29 is 4.79 Å². The second-order valence-electron chi connectivity index (χ2n) is 5.15. The standard InChI is InChI=1S/C17H22N2OS/c1-3-21-9-8-12(2)19-17(20)15-10-13-6-4-5-7-14(13)11-16(15)18/h4-7,10-12H,3,8-9,18H2,1-2H3,(H,19,20). The first-order valence-electron chi connectivity index (χ1n) is 7.28. The molecule has 112 valence electrons. The minimum atomic E-state index is -0.0905. The Morgan fingerprint density at radius 3 is 2.62 bits per heavy atom. The lowest BCUT2D eigenvalue weighted by molar-refractivity contribution is 0.0940. The summed E-state index contributed by atoms with van der Waals surface area (Å²) in [4.78, 5) is 12.4. The van der Waals surface area contributed by atoms with E-state index in [2.05, 4.69) is 12.2 Å². The fourth-order valence-electron chi connectivity index (χ4n) is 2.23. The van der Waals surface area contributed by atoms with Crippen molar-refractivity contribution in [3.8, 4) is 0 Å². The van der Waals surface area contributed by atoms with Crippen LogP contribution in [-0.2, 0) is 0 Å². The van der Waals surface area contributed by atoms with Gasteiger partial charge in [-0.15, -0.1) is 0 Å². The summed E-state index contributed by atoms with van der Waals surface area (Å²) in [5.74, 6) is 2.08. The lowest BCUT2D eigenvalue weighted by Crippen LogP contribution is -2.33. The van der Waals surface area contributed by atoms with E-state index < -0.39 is 0 Å². The van der Waals surface area contributed by atoms with E-state index in [0.717, 1.165) is 28.7 Å². The summed E-state index contributed by atoms with van der Waals surface area (Å²) >= 11 is 1.89. The maximum atomic E-state index is 12.4. The van der Waals surface area contributed by atoms with Crippen molar-refractivity contribution in [1.82, 2.24) is 5.32 Å². The highest BCUT2D eigenvalue weighted by atomic mass is 32.2. The van der Waals surface area contributed by atoms with Gasteiger partial charge in [-0.3, -0.25) is 4.79 Å². The lowest BCUT2D eigenvalue weighted by Gasteiger charge is -2.15. The monoisotopic (exact) mass is 302 g/mol. The molecule has 2 aromatic rings. The van der Waals surface area contributed by atoms with Gasteiger partial charge in [0, 0.05) is 11.7 Å². The molecule has 0 aliphatic rings. The molecule has 3 N–H and O–H groups in total. The molecule has 4 heteroatoms. The smallest absolute Gasteiger partial charge is 0.253 e. The molecule has 0 radical (unpaired) electrons. The molecule has 0 aromatic heterocycles. The third-order valence-electron chi connectivity index (χ3n) is 3.44. The van der Waals surface area contributed by atoms with Gasteiger partial charge in [0.1, 0.15) is 0 Å². The van der Waals surface area contributed by atoms with Gasteiger partial charge in [-0.2, -0.15) is 11.8 Å². The molecule has 0 bridgehead atoms. The third-order valence-corrected chi connectivity index (χ3v) is 4.37. The van der Waals surface area contributed by atoms with Gasteiger partial charge >= 0.3 is 0 Å². The fraction of sp³-hybridized carbons (Fsp3) is 0.353. The fourth-order valence-corrected chi connectivity index (χ4v) is 3.04. The molecule has 0 spiro atoms. The van der Waals surface area contributed by atoms with Gasteiger partial charge in [0.15, 0.2) is 0 Å². The van der Waals surface area contributed by atoms with Crippen molar-refractivity contribution in [2.75, 3.05) is 17.2 Å². The topological polar surface area (TPSA) is 55.1 Å². The van der Waals surface area contributed by atoms with Gasteiger partial charge in [0.25, 0.3) is 5.91 Å². The van der Waals surface area contributed by atoms with Crippen molar-refractivity contribution in [1.29, 1.82) is 0 Å². The quantitative estimate of drug-likeness (QED) is 0.632. The minimum absolute atomic E-state index is 0.0905. The molecule has 0 heterocycles. The molecule has 0 saturated heterocycles. The zero-order valence-corrected chi connectivity index (χ0v) is 13.4. The summed E-state index contributed by atoms with van der Waals surface area (Å²) in [5.41, 5.74) is 7.11. The summed E-state index contributed by atoms with van der Waals surface area (Å²) in [6, 6.07) is 11.8. The first-order valence-corrected chi connectivity index (χ1v) is 8.44. The summed E-state index contributed by atoms with van der Waals surface area (Å²) in [6.07, 6.45) is 0.970. The number of amides is 1. The zero-order valence-electron chi connectivity index (χ0n) is 12.6. The van der Waals surface area contributed by atoms with Crippen LogP contribution in [0.25, 0.3) is 10.8 Å². The SMILES string of the molecule is CCSCCC(C)NC(=O)c1cc2ccccc2cc1N. The summed E-state index contributed by atoms with van der Waals surface area (Å²) in [6.45, 7) is 4.18. The molecule has 1 unspecified atom stereocenters. The lowest BCUT2D eigenvalue weighted by atomic mass is 10.0. The van der Waals surface area contributed by atoms with Gasteiger partial charge in [0.05, 0.1) is 5.56 Å². The molecule has 0 saturated carbocycles. The van der Waals surface area contributed by atoms with Crippen LogP contribution < -0.4 is 11.1 Å². The molecule has 0 aliphatic carbocycles. The van der Waals surface area contributed by atoms with Gasteiger partial charge in [-0.1, -0.05) is 31.2 Å². The Labute approximate surface area is 130 Å². The molecule has 3 nitrogen and oxygen atoms in total. The van der Waals surface area contributed by atoms with E-state index >= 15 is 0 Å². The molecule has 0 fully saturated rings. The molecular weight excluding hydrogens is 280 g/mol. The third kappa shape index (κ3) is 4.14. The van der Waals surface area contributed by atoms with Crippen LogP contribution in [0.1, 0.15) is 30.6 Å². The highest BCUT2D eigenvalue weighted by molar-refractivity contribution is 7.99. The van der Waals surface area contributed by atoms with Gasteiger partial charge in [0.2, 0.25) is 0 Å². The Kier molecular flexibility index (Phi) is 5.51. The normalized spacial score (nSPS) is 12.3. The molecule has 2 rings (SSSR count). The highest BCUT2D eigenvalue weighted by Crippen LogP contribution is 2.22. The van der Waals surface area contributed by atoms with Gasteiger partial charge < -0.3 is 11.1 Å². The van der Waals surface area contributed by atoms with Crippen LogP contribution in [0.3, 0.4) is 0 Å². The van der Waals surface area contributed by atoms with E-state index in [9.17, 15) is 4.79 Å². The minimum Gasteiger partial charge on any atom is -0.398 e. The van der Waals surface area contributed by atoms with Crippen LogP contribution in [-0.4, -0.2) is 23.5 Å². The van der Waals surface area contributed by atoms with Gasteiger partial charge in [-0.25, -0.2) is 0 Å². The number of anilines is 1. The second-order valence-corrected chi connectivity index (χ2v) is 6.54. The molecule has 1 atom stereocenters. The van der Waals surface area contributed by atoms with Crippen LogP contribution in [0.2, 0.25) is 0 Å². The van der Waals surface area contributed by atoms with Crippen LogP contribution in [0.4, 0.5) is 5.69 Å². The first kappa shape index (κ1) is 15.7. The summed E-state index contributed by atoms with van der Waals surface area (Å²) in [7, 11) is 0. The van der Waals surface area contributed by atoms with E-state index in [4.69, 9.17) is 5.73 Å². The molecule has 21 heavy (non-hydrogen) atoms. The maximum Gasteiger partial charge on any atom is 0.253 e. The predicted molar refractivity (Wildman–Crippen MR) is 92.9 cm³/mol. The molecular formula is C17H22N2OS. The van der Waals surface area contributed by atoms with Crippen LogP contribution in [0, 0.1) is 0 Å². The van der Waals surface area contributed by atoms with Crippen LogP contribution in [0.15, 0.2) is 36.4 Å². The Morgan fingerprint density at radius 2 is 1.95 bits per heavy atom. The Hall–Kier alpha value is -1.68. The van der Waals surface area contributed by atoms with Crippen molar-refractivity contribution >= 4 is 34.1 Å². The van der Waals surface area contributed by atoms with E-state index in [1.54, 1.807) is 0 Å². The predicted octanol–water partition coefficient (Wildman–Crippen LogP) is 3.68. The number of nitrogen functional groups attached to an aromatic ring is 1. The number of thioether (sulfide) groups is 1. The Morgan fingerprint density at radius 1 is 1.29 bits per heavy atom. The Balaban J connectivity index is 2.10. The first-order chi connectivity index (χ1) is 10.1. The number of hydrogen-bond donors (Lipinski definition) is 2. The van der Waals surface area contributed by atoms with Crippen LogP contribution >= 0.6 is 11.8 Å². The van der Waals surface area contributed by atoms with E-state index in [1.807, 2.05) is 55.1 Å². The van der Waals surface area contributed by atoms with E-state index in [0.29, 0.717) is 11.3 Å². The molecule has 2 aromatic carbocycles. The molecule has 0 aliphatic heterocycles.